The van der Waals surface area contributed by atoms with E-state index in [9.17, 15) is 0 Å². The minimum absolute atomic E-state index is 0.0177. The lowest BCUT2D eigenvalue weighted by Crippen LogP contribution is -2.21. The average Bonchev–Trinajstić information content (AvgIpc) is 2.40. The smallest absolute Gasteiger partial charge is 0.0339 e. The summed E-state index contributed by atoms with van der Waals surface area (Å²) in [7, 11) is 0. The molecule has 1 nitrogen and oxygen atoms in total. The molecule has 0 aliphatic heterocycles. The van der Waals surface area contributed by atoms with Crippen LogP contribution >= 0.6 is 15.9 Å². The fourth-order valence-electron chi connectivity index (χ4n) is 2.51. The van der Waals surface area contributed by atoms with Gasteiger partial charge in [0.1, 0.15) is 0 Å². The molecule has 1 atom stereocenters. The maximum absolute atomic E-state index is 6.47. The van der Waals surface area contributed by atoms with E-state index in [1.54, 1.807) is 0 Å². The van der Waals surface area contributed by atoms with Crippen molar-refractivity contribution in [3.63, 3.8) is 0 Å². The van der Waals surface area contributed by atoms with Crippen molar-refractivity contribution in [3.8, 4) is 0 Å². The van der Waals surface area contributed by atoms with Crippen LogP contribution in [0.3, 0.4) is 0 Å². The summed E-state index contributed by atoms with van der Waals surface area (Å²) < 4.78 is 1.13. The fraction of sp³-hybridized carbons (Fsp3) is 0.333. The molecule has 0 heterocycles. The molecule has 0 saturated heterocycles. The van der Waals surface area contributed by atoms with Gasteiger partial charge in [0.15, 0.2) is 0 Å². The van der Waals surface area contributed by atoms with Crippen LogP contribution in [0, 0.1) is 0 Å². The van der Waals surface area contributed by atoms with Gasteiger partial charge in [0, 0.05) is 10.5 Å². The monoisotopic (exact) mass is 331 g/mol. The van der Waals surface area contributed by atoms with Gasteiger partial charge < -0.3 is 5.73 Å². The second-order valence-electron chi connectivity index (χ2n) is 6.24. The highest BCUT2D eigenvalue weighted by Crippen LogP contribution is 2.31. The molecule has 0 aliphatic rings. The van der Waals surface area contributed by atoms with Crippen LogP contribution in [0.2, 0.25) is 0 Å². The average molecular weight is 332 g/mol. The third-order valence-corrected chi connectivity index (χ3v) is 4.34. The molecule has 20 heavy (non-hydrogen) atoms. The van der Waals surface area contributed by atoms with Gasteiger partial charge in [-0.3, -0.25) is 0 Å². The van der Waals surface area contributed by atoms with Crippen molar-refractivity contribution in [1.29, 1.82) is 0 Å². The predicted molar refractivity (Wildman–Crippen MR) is 89.9 cm³/mol. The predicted octanol–water partition coefficient (Wildman–Crippen LogP) is 4.99. The van der Waals surface area contributed by atoms with Crippen molar-refractivity contribution in [2.45, 2.75) is 38.6 Å². The highest BCUT2D eigenvalue weighted by molar-refractivity contribution is 9.10. The van der Waals surface area contributed by atoms with E-state index >= 15 is 0 Å². The summed E-state index contributed by atoms with van der Waals surface area (Å²) in [4.78, 5) is 0. The van der Waals surface area contributed by atoms with Gasteiger partial charge in [-0.15, -0.1) is 0 Å². The van der Waals surface area contributed by atoms with Crippen molar-refractivity contribution >= 4 is 15.9 Å². The molecule has 0 aliphatic carbocycles. The molecule has 1 unspecified atom stereocenters. The Kier molecular flexibility index (Phi) is 4.66. The second kappa shape index (κ2) is 6.11. The molecule has 0 fully saturated rings. The number of benzene rings is 2. The van der Waals surface area contributed by atoms with Gasteiger partial charge in [0.2, 0.25) is 0 Å². The summed E-state index contributed by atoms with van der Waals surface area (Å²) in [5.41, 5.74) is 10.4. The maximum atomic E-state index is 6.47. The van der Waals surface area contributed by atoms with Gasteiger partial charge in [0.05, 0.1) is 0 Å². The molecule has 0 amide bonds. The first kappa shape index (κ1) is 15.3. The van der Waals surface area contributed by atoms with E-state index in [0.29, 0.717) is 0 Å². The molecular weight excluding hydrogens is 310 g/mol. The third-order valence-electron chi connectivity index (χ3n) is 3.57. The Labute approximate surface area is 130 Å². The Morgan fingerprint density at radius 1 is 1.00 bits per heavy atom. The lowest BCUT2D eigenvalue weighted by molar-refractivity contribution is 0.568. The Balaban J connectivity index is 2.31. The summed E-state index contributed by atoms with van der Waals surface area (Å²) in [6, 6.07) is 16.8. The minimum atomic E-state index is 0.0177. The molecule has 2 N–H and O–H groups in total. The van der Waals surface area contributed by atoms with Gasteiger partial charge in [-0.2, -0.15) is 0 Å². The van der Waals surface area contributed by atoms with E-state index < -0.39 is 0 Å². The van der Waals surface area contributed by atoms with Crippen LogP contribution in [0.1, 0.15) is 43.5 Å². The van der Waals surface area contributed by atoms with E-state index in [-0.39, 0.29) is 11.5 Å². The van der Waals surface area contributed by atoms with Gasteiger partial charge in [0.25, 0.3) is 0 Å². The molecule has 2 heteroatoms. The van der Waals surface area contributed by atoms with Crippen molar-refractivity contribution in [1.82, 2.24) is 0 Å². The summed E-state index contributed by atoms with van der Waals surface area (Å²) in [6.07, 6.45) is 0.842. The minimum Gasteiger partial charge on any atom is -0.324 e. The first-order valence-corrected chi connectivity index (χ1v) is 7.77. The fourth-order valence-corrected chi connectivity index (χ4v) is 2.96. The first-order chi connectivity index (χ1) is 9.39. The number of nitrogens with two attached hydrogens (primary N) is 1. The highest BCUT2D eigenvalue weighted by atomic mass is 79.9. The standard InChI is InChI=1S/C18H22BrN/c1-18(2,3)15-10-6-5-9-14(15)17(20)12-13-8-4-7-11-16(13)19/h4-11,17H,12,20H2,1-3H3. The number of hydrogen-bond acceptors (Lipinski definition) is 1. The quantitative estimate of drug-likeness (QED) is 0.842. The van der Waals surface area contributed by atoms with Crippen LogP contribution in [0.4, 0.5) is 0 Å². The molecule has 0 radical (unpaired) electrons. The SMILES string of the molecule is CC(C)(C)c1ccccc1C(N)Cc1ccccc1Br. The van der Waals surface area contributed by atoms with Crippen LogP contribution < -0.4 is 5.73 Å². The number of hydrogen-bond donors (Lipinski definition) is 1. The van der Waals surface area contributed by atoms with E-state index in [1.807, 2.05) is 6.07 Å². The third kappa shape index (κ3) is 3.50. The molecule has 2 rings (SSSR count). The largest absolute Gasteiger partial charge is 0.324 e. The molecule has 0 bridgehead atoms. The van der Waals surface area contributed by atoms with Crippen LogP contribution in [0.5, 0.6) is 0 Å². The maximum Gasteiger partial charge on any atom is 0.0339 e. The summed E-state index contributed by atoms with van der Waals surface area (Å²) in [5, 5.41) is 0. The van der Waals surface area contributed by atoms with Crippen LogP contribution in [0.25, 0.3) is 0 Å². The molecule has 106 valence electrons. The van der Waals surface area contributed by atoms with E-state index in [4.69, 9.17) is 5.73 Å². The van der Waals surface area contributed by atoms with Gasteiger partial charge in [-0.25, -0.2) is 0 Å². The molecular formula is C18H22BrN. The van der Waals surface area contributed by atoms with Gasteiger partial charge in [-0.05, 0) is 34.6 Å². The van der Waals surface area contributed by atoms with E-state index in [2.05, 4.69) is 79.2 Å². The van der Waals surface area contributed by atoms with Crippen LogP contribution in [-0.4, -0.2) is 0 Å². The Hall–Kier alpha value is -1.12. The molecule has 0 spiro atoms. The number of rotatable bonds is 3. The topological polar surface area (TPSA) is 26.0 Å². The van der Waals surface area contributed by atoms with Crippen molar-refractivity contribution in [2.24, 2.45) is 5.73 Å². The normalized spacial score (nSPS) is 13.2. The number of halogens is 1. The summed E-state index contributed by atoms with van der Waals surface area (Å²) in [5.74, 6) is 0. The van der Waals surface area contributed by atoms with Crippen LogP contribution in [-0.2, 0) is 11.8 Å². The summed E-state index contributed by atoms with van der Waals surface area (Å²) in [6.45, 7) is 6.70. The highest BCUT2D eigenvalue weighted by Gasteiger charge is 2.21. The van der Waals surface area contributed by atoms with E-state index in [0.717, 1.165) is 10.9 Å². The first-order valence-electron chi connectivity index (χ1n) is 6.98. The van der Waals surface area contributed by atoms with Crippen LogP contribution in [0.15, 0.2) is 53.0 Å². The zero-order valence-electron chi connectivity index (χ0n) is 12.4. The Morgan fingerprint density at radius 3 is 2.25 bits per heavy atom. The molecule has 2 aromatic rings. The Bertz CT molecular complexity index is 584. The zero-order valence-corrected chi connectivity index (χ0v) is 13.9. The lowest BCUT2D eigenvalue weighted by atomic mass is 9.81. The van der Waals surface area contributed by atoms with Crippen molar-refractivity contribution in [2.75, 3.05) is 0 Å². The molecule has 0 saturated carbocycles. The second-order valence-corrected chi connectivity index (χ2v) is 7.09. The van der Waals surface area contributed by atoms with Crippen molar-refractivity contribution < 1.29 is 0 Å². The van der Waals surface area contributed by atoms with Gasteiger partial charge >= 0.3 is 0 Å². The zero-order chi connectivity index (χ0) is 14.8. The molecule has 0 aromatic heterocycles. The van der Waals surface area contributed by atoms with Gasteiger partial charge in [-0.1, -0.05) is 79.2 Å². The van der Waals surface area contributed by atoms with Crippen molar-refractivity contribution in [3.05, 3.63) is 69.7 Å². The lowest BCUT2D eigenvalue weighted by Gasteiger charge is -2.26. The van der Waals surface area contributed by atoms with E-state index in [1.165, 1.54) is 16.7 Å². The Morgan fingerprint density at radius 2 is 1.60 bits per heavy atom. The molecule has 2 aromatic carbocycles. The summed E-state index contributed by atoms with van der Waals surface area (Å²) >= 11 is 3.60.